The van der Waals surface area contributed by atoms with Crippen molar-refractivity contribution < 1.29 is 37.4 Å². The van der Waals surface area contributed by atoms with Crippen molar-refractivity contribution in [2.75, 3.05) is 40.4 Å². The van der Waals surface area contributed by atoms with Gasteiger partial charge in [-0.15, -0.1) is 0 Å². The van der Waals surface area contributed by atoms with E-state index in [0.29, 0.717) is 52.4 Å². The first kappa shape index (κ1) is 53.8. The maximum absolute atomic E-state index is 16.5. The predicted molar refractivity (Wildman–Crippen MR) is 268 cm³/mol. The number of aromatic amines is 1. The van der Waals surface area contributed by atoms with Gasteiger partial charge in [0, 0.05) is 29.9 Å². The molecular weight excluding hydrogens is 883 g/mol. The number of H-pyrrole nitrogens is 1. The fourth-order valence-corrected chi connectivity index (χ4v) is 9.71. The molecular formula is C53H74F2N8O6. The zero-order valence-electron chi connectivity index (χ0n) is 42.6. The monoisotopic (exact) mass is 957 g/mol. The summed E-state index contributed by atoms with van der Waals surface area (Å²) < 4.78 is 42.3. The number of alkyl carbamates (subject to hydrolysis) is 2. The van der Waals surface area contributed by atoms with E-state index in [9.17, 15) is 19.2 Å². The van der Waals surface area contributed by atoms with Crippen LogP contribution in [0.4, 0.5) is 18.4 Å². The number of rotatable bonds is 11. The molecule has 16 heteroatoms. The van der Waals surface area contributed by atoms with Gasteiger partial charge in [-0.2, -0.15) is 8.78 Å². The van der Waals surface area contributed by atoms with Crippen molar-refractivity contribution in [3.8, 4) is 22.3 Å². The van der Waals surface area contributed by atoms with Crippen molar-refractivity contribution in [1.82, 2.24) is 41.0 Å². The molecule has 4 atom stereocenters. The molecule has 0 spiro atoms. The number of hydrogen-bond acceptors (Lipinski definition) is 9. The van der Waals surface area contributed by atoms with Crippen molar-refractivity contribution in [2.24, 2.45) is 11.3 Å². The van der Waals surface area contributed by atoms with Gasteiger partial charge in [0.25, 0.3) is 5.92 Å². The maximum atomic E-state index is 16.5. The smallest absolute Gasteiger partial charge is 0.407 e. The highest BCUT2D eigenvalue weighted by Crippen LogP contribution is 2.55. The van der Waals surface area contributed by atoms with Crippen LogP contribution < -0.4 is 21.3 Å². The number of piperidine rings is 1. The molecule has 5 N–H and O–H groups in total. The van der Waals surface area contributed by atoms with Crippen molar-refractivity contribution in [3.63, 3.8) is 0 Å². The Kier molecular flexibility index (Phi) is 17.9. The van der Waals surface area contributed by atoms with Crippen molar-refractivity contribution in [2.45, 2.75) is 131 Å². The minimum absolute atomic E-state index is 0.0254. The van der Waals surface area contributed by atoms with E-state index in [4.69, 9.17) is 4.98 Å². The van der Waals surface area contributed by atoms with E-state index in [1.54, 1.807) is 29.3 Å². The number of imidazole rings is 1. The second-order valence-corrected chi connectivity index (χ2v) is 17.9. The number of alkyl halides is 2. The molecule has 4 amide bonds. The number of benzene rings is 3. The summed E-state index contributed by atoms with van der Waals surface area (Å²) in [5.74, 6) is -2.87. The molecule has 2 aliphatic heterocycles. The van der Waals surface area contributed by atoms with Gasteiger partial charge in [0.2, 0.25) is 11.8 Å². The fourth-order valence-electron chi connectivity index (χ4n) is 9.71. The number of halogens is 2. The SMILES string of the molecule is CC.CC.CC.CCC.COC(=O)NCC(=O)N(CC1NC=C(c2ccc3c(c2)C(F)(F)c2cc(-c4ccc5nc([C@]6(C)[C@H]7CC[C@H](C7)N6C(=O)CNC(=O)OC)[nH]c5c4)ccc2-3)N1)CC1(C)CC1. The van der Waals surface area contributed by atoms with Crippen LogP contribution in [-0.4, -0.2) is 96.4 Å². The first-order valence-corrected chi connectivity index (χ1v) is 24.8. The summed E-state index contributed by atoms with van der Waals surface area (Å²) in [6.07, 6.45) is 5.97. The van der Waals surface area contributed by atoms with Gasteiger partial charge in [-0.05, 0) is 102 Å². The summed E-state index contributed by atoms with van der Waals surface area (Å²) >= 11 is 0. The van der Waals surface area contributed by atoms with E-state index < -0.39 is 23.6 Å². The average molecular weight is 957 g/mol. The predicted octanol–water partition coefficient (Wildman–Crippen LogP) is 10.2. The lowest BCUT2D eigenvalue weighted by Gasteiger charge is -2.43. The number of nitrogens with one attached hydrogen (secondary N) is 5. The second kappa shape index (κ2) is 22.9. The van der Waals surface area contributed by atoms with Crippen LogP contribution in [0.2, 0.25) is 0 Å². The molecule has 3 fully saturated rings. The van der Waals surface area contributed by atoms with Crippen LogP contribution in [0, 0.1) is 11.3 Å². The van der Waals surface area contributed by atoms with Crippen molar-refractivity contribution >= 4 is 40.7 Å². The summed E-state index contributed by atoms with van der Waals surface area (Å²) in [6, 6.07) is 15.9. The molecule has 14 nitrogen and oxygen atoms in total. The first-order valence-electron chi connectivity index (χ1n) is 24.8. The minimum Gasteiger partial charge on any atom is -0.453 e. The standard InChI is InChI=1S/C44H48F2N8O6.C3H8.3C2H6/c1-42(13-14-42)23-53(37(55)20-48-40(57)59-3)22-36-47-19-35(50-36)26-6-11-30-29-10-5-24(15-31(29)44(45,46)32(30)16-26)25-7-12-33-34(17-25)52-39(51-33)43(2)27-8-9-28(18-27)54(43)38(56)21-49-41(58)60-4;1-3-2;3*1-2/h5-7,10-12,15-17,19,27-28,36,47,50H,8-9,13-14,18,20-23H2,1-4H3,(H,48,57)(H,49,58)(H,51,52);3H2,1-2H3;3*1-2H3/t27-,28+,36?,43-;;;;/m0..../s1. The molecule has 0 radical (unpaired) electrons. The first-order chi connectivity index (χ1) is 33.1. The Morgan fingerprint density at radius 2 is 1.38 bits per heavy atom. The zero-order valence-corrected chi connectivity index (χ0v) is 42.6. The van der Waals surface area contributed by atoms with E-state index in [0.717, 1.165) is 43.2 Å². The molecule has 4 aromatic rings. The van der Waals surface area contributed by atoms with E-state index >= 15 is 8.78 Å². The Balaban J connectivity index is 0.000000928. The Labute approximate surface area is 406 Å². The number of likely N-dealkylation sites (tertiary alicyclic amines) is 1. The Morgan fingerprint density at radius 3 is 1.99 bits per heavy atom. The highest BCUT2D eigenvalue weighted by Gasteiger charge is 2.58. The number of hydrogen-bond donors (Lipinski definition) is 5. The lowest BCUT2D eigenvalue weighted by molar-refractivity contribution is -0.139. The van der Waals surface area contributed by atoms with E-state index in [2.05, 4.69) is 56.5 Å². The summed E-state index contributed by atoms with van der Waals surface area (Å²) in [4.78, 5) is 61.9. The van der Waals surface area contributed by atoms with Crippen molar-refractivity contribution in [1.29, 1.82) is 0 Å². The molecule has 3 heterocycles. The molecule has 3 aliphatic carbocycles. The number of amides is 4. The van der Waals surface area contributed by atoms with Gasteiger partial charge in [-0.3, -0.25) is 9.59 Å². The van der Waals surface area contributed by atoms with Gasteiger partial charge >= 0.3 is 12.2 Å². The van der Waals surface area contributed by atoms with E-state index in [-0.39, 0.29) is 59.6 Å². The van der Waals surface area contributed by atoms with Crippen LogP contribution in [-0.2, 0) is 30.5 Å². The molecule has 5 aliphatic rings. The van der Waals surface area contributed by atoms with Crippen LogP contribution in [0.15, 0.2) is 60.8 Å². The molecule has 3 aromatic carbocycles. The lowest BCUT2D eigenvalue weighted by atomic mass is 9.83. The van der Waals surface area contributed by atoms with Crippen LogP contribution in [0.1, 0.15) is 130 Å². The van der Waals surface area contributed by atoms with E-state index in [1.165, 1.54) is 26.7 Å². The van der Waals surface area contributed by atoms with E-state index in [1.807, 2.05) is 83.7 Å². The summed E-state index contributed by atoms with van der Waals surface area (Å²) in [5.41, 5.74) is 4.10. The van der Waals surface area contributed by atoms with Gasteiger partial charge in [0.05, 0.1) is 37.5 Å². The van der Waals surface area contributed by atoms with Gasteiger partial charge in [0.1, 0.15) is 30.6 Å². The highest BCUT2D eigenvalue weighted by molar-refractivity contribution is 5.88. The number of carbonyl (C=O) groups excluding carboxylic acids is 4. The maximum Gasteiger partial charge on any atom is 0.407 e. The minimum atomic E-state index is -3.27. The molecule has 376 valence electrons. The molecule has 69 heavy (non-hydrogen) atoms. The third-order valence-electron chi connectivity index (χ3n) is 13.3. The molecule has 9 rings (SSSR count). The number of aromatic nitrogens is 2. The van der Waals surface area contributed by atoms with Crippen molar-refractivity contribution in [3.05, 3.63) is 83.3 Å². The van der Waals surface area contributed by atoms with Gasteiger partial charge in [-0.1, -0.05) is 99.1 Å². The van der Waals surface area contributed by atoms with Crippen LogP contribution >= 0.6 is 0 Å². The number of methoxy groups -OCH3 is 2. The number of fused-ring (bicyclic) bond motifs is 6. The Bertz CT molecular complexity index is 2490. The molecule has 1 aromatic heterocycles. The molecule has 1 saturated heterocycles. The highest BCUT2D eigenvalue weighted by atomic mass is 19.3. The fraction of sp³-hybridized carbons (Fsp3) is 0.528. The number of carbonyl (C=O) groups is 4. The number of nitrogens with zero attached hydrogens (tertiary/aromatic N) is 3. The summed E-state index contributed by atoms with van der Waals surface area (Å²) in [7, 11) is 2.49. The largest absolute Gasteiger partial charge is 0.453 e. The third-order valence-corrected chi connectivity index (χ3v) is 13.3. The zero-order chi connectivity index (χ0) is 50.8. The quantitative estimate of drug-likeness (QED) is 0.0982. The van der Waals surface area contributed by atoms with Gasteiger partial charge in [-0.25, -0.2) is 14.6 Å². The summed E-state index contributed by atoms with van der Waals surface area (Å²) in [6.45, 7) is 20.8. The summed E-state index contributed by atoms with van der Waals surface area (Å²) in [5, 5.41) is 11.6. The average Bonchev–Trinajstić information content (AvgIpc) is 3.93. The lowest BCUT2D eigenvalue weighted by Crippen LogP contribution is -2.54. The molecule has 2 bridgehead atoms. The molecule has 1 unspecified atom stereocenters. The normalized spacial score (nSPS) is 21.0. The van der Waals surface area contributed by atoms with Crippen LogP contribution in [0.5, 0.6) is 0 Å². The Hall–Kier alpha value is -6.19. The van der Waals surface area contributed by atoms with Gasteiger partial charge < -0.3 is 45.5 Å². The van der Waals surface area contributed by atoms with Gasteiger partial charge in [0.15, 0.2) is 0 Å². The molecule has 2 saturated carbocycles. The second-order valence-electron chi connectivity index (χ2n) is 17.9. The Morgan fingerprint density at radius 1 is 0.812 bits per heavy atom. The van der Waals surface area contributed by atoms with Crippen LogP contribution in [0.25, 0.3) is 39.0 Å². The third kappa shape index (κ3) is 11.2. The van der Waals surface area contributed by atoms with Crippen LogP contribution in [0.3, 0.4) is 0 Å². The topological polar surface area (TPSA) is 170 Å². The number of ether oxygens (including phenoxy) is 2.